The third-order valence-electron chi connectivity index (χ3n) is 5.65. The summed E-state index contributed by atoms with van der Waals surface area (Å²) in [5.41, 5.74) is 0.815. The van der Waals surface area contributed by atoms with Gasteiger partial charge in [-0.05, 0) is 80.5 Å². The van der Waals surface area contributed by atoms with Crippen LogP contribution in [-0.4, -0.2) is 31.8 Å². The summed E-state index contributed by atoms with van der Waals surface area (Å²) < 4.78 is 46.6. The van der Waals surface area contributed by atoms with E-state index in [1.54, 1.807) is 31.2 Å². The van der Waals surface area contributed by atoms with E-state index in [-0.39, 0.29) is 29.2 Å². The van der Waals surface area contributed by atoms with Crippen LogP contribution in [0.15, 0.2) is 53.4 Å². The molecule has 31 heavy (non-hydrogen) atoms. The van der Waals surface area contributed by atoms with Gasteiger partial charge in [0.25, 0.3) is 0 Å². The summed E-state index contributed by atoms with van der Waals surface area (Å²) in [4.78, 5) is 12.1. The zero-order chi connectivity index (χ0) is 22.4. The maximum atomic E-state index is 13.3. The SMILES string of the molecule is CCOC(=O)C1CCC(CN(Cc2ccc(Cl)cc2)S(=O)(=O)c2ccc(F)cc2)CC1. The molecule has 0 aromatic heterocycles. The maximum absolute atomic E-state index is 13.3. The van der Waals surface area contributed by atoms with E-state index >= 15 is 0 Å². The van der Waals surface area contributed by atoms with E-state index in [2.05, 4.69) is 0 Å². The Morgan fingerprint density at radius 1 is 1.06 bits per heavy atom. The highest BCUT2D eigenvalue weighted by Gasteiger charge is 2.32. The Bertz CT molecular complexity index is 972. The van der Waals surface area contributed by atoms with Crippen LogP contribution in [0.2, 0.25) is 5.02 Å². The van der Waals surface area contributed by atoms with Crippen molar-refractivity contribution in [2.75, 3.05) is 13.2 Å². The van der Waals surface area contributed by atoms with Gasteiger partial charge < -0.3 is 4.74 Å². The molecule has 0 unspecified atom stereocenters. The second-order valence-electron chi connectivity index (χ2n) is 7.85. The van der Waals surface area contributed by atoms with Crippen molar-refractivity contribution in [3.05, 3.63) is 64.9 Å². The molecule has 1 aliphatic rings. The molecule has 0 N–H and O–H groups in total. The molecule has 0 radical (unpaired) electrons. The van der Waals surface area contributed by atoms with E-state index in [4.69, 9.17) is 16.3 Å². The summed E-state index contributed by atoms with van der Waals surface area (Å²) in [6, 6.07) is 11.9. The molecular weight excluding hydrogens is 441 g/mol. The highest BCUT2D eigenvalue weighted by atomic mass is 35.5. The van der Waals surface area contributed by atoms with Gasteiger partial charge in [-0.15, -0.1) is 0 Å². The van der Waals surface area contributed by atoms with Crippen molar-refractivity contribution in [1.29, 1.82) is 0 Å². The van der Waals surface area contributed by atoms with Crippen LogP contribution < -0.4 is 0 Å². The van der Waals surface area contributed by atoms with Crippen molar-refractivity contribution in [3.63, 3.8) is 0 Å². The molecule has 0 heterocycles. The molecule has 0 amide bonds. The summed E-state index contributed by atoms with van der Waals surface area (Å²) in [6.45, 7) is 2.68. The van der Waals surface area contributed by atoms with Crippen molar-refractivity contribution in [3.8, 4) is 0 Å². The maximum Gasteiger partial charge on any atom is 0.308 e. The summed E-state index contributed by atoms with van der Waals surface area (Å²) in [7, 11) is -3.82. The van der Waals surface area contributed by atoms with Crippen molar-refractivity contribution in [2.45, 2.75) is 44.0 Å². The number of ether oxygens (including phenoxy) is 1. The minimum absolute atomic E-state index is 0.0584. The van der Waals surface area contributed by atoms with Gasteiger partial charge in [-0.3, -0.25) is 4.79 Å². The lowest BCUT2D eigenvalue weighted by Crippen LogP contribution is -2.37. The van der Waals surface area contributed by atoms with Gasteiger partial charge in [-0.25, -0.2) is 12.8 Å². The Hall–Kier alpha value is -1.96. The normalized spacial score (nSPS) is 19.4. The predicted molar refractivity (Wildman–Crippen MR) is 118 cm³/mol. The third-order valence-corrected chi connectivity index (χ3v) is 7.73. The second kappa shape index (κ2) is 10.6. The lowest BCUT2D eigenvalue weighted by atomic mass is 9.82. The van der Waals surface area contributed by atoms with E-state index in [1.165, 1.54) is 16.4 Å². The topological polar surface area (TPSA) is 63.7 Å². The molecule has 1 aliphatic carbocycles. The van der Waals surface area contributed by atoms with E-state index < -0.39 is 15.8 Å². The van der Waals surface area contributed by atoms with Crippen molar-refractivity contribution in [1.82, 2.24) is 4.31 Å². The van der Waals surface area contributed by atoms with Gasteiger partial charge in [0.1, 0.15) is 5.82 Å². The Kier molecular flexibility index (Phi) is 8.08. The largest absolute Gasteiger partial charge is 0.466 e. The van der Waals surface area contributed by atoms with Crippen molar-refractivity contribution in [2.24, 2.45) is 11.8 Å². The van der Waals surface area contributed by atoms with Crippen LogP contribution in [0.4, 0.5) is 4.39 Å². The van der Waals surface area contributed by atoms with Gasteiger partial charge in [0, 0.05) is 18.1 Å². The zero-order valence-corrected chi connectivity index (χ0v) is 19.0. The van der Waals surface area contributed by atoms with Crippen molar-refractivity contribution < 1.29 is 22.3 Å². The number of nitrogens with zero attached hydrogens (tertiary/aromatic N) is 1. The summed E-state index contributed by atoms with van der Waals surface area (Å²) >= 11 is 5.96. The summed E-state index contributed by atoms with van der Waals surface area (Å²) in [5, 5.41) is 0.578. The smallest absolute Gasteiger partial charge is 0.308 e. The lowest BCUT2D eigenvalue weighted by molar-refractivity contribution is -0.149. The fraction of sp³-hybridized carbons (Fsp3) is 0.435. The number of halogens is 2. The molecule has 0 spiro atoms. The fourth-order valence-electron chi connectivity index (χ4n) is 3.93. The first-order valence-corrected chi connectivity index (χ1v) is 12.3. The standard InChI is InChI=1S/C23H27ClFNO4S/c1-2-30-23(27)19-7-3-17(4-8-19)15-26(16-18-5-9-20(24)10-6-18)31(28,29)22-13-11-21(25)12-14-22/h5-6,9-14,17,19H,2-4,7-8,15-16H2,1H3. The molecule has 0 saturated heterocycles. The van der Waals surface area contributed by atoms with Crippen LogP contribution in [0, 0.1) is 17.7 Å². The van der Waals surface area contributed by atoms with Crippen LogP contribution in [0.5, 0.6) is 0 Å². The van der Waals surface area contributed by atoms with E-state index in [0.29, 0.717) is 31.0 Å². The van der Waals surface area contributed by atoms with Crippen LogP contribution in [0.25, 0.3) is 0 Å². The number of benzene rings is 2. The van der Waals surface area contributed by atoms with Crippen molar-refractivity contribution >= 4 is 27.6 Å². The fourth-order valence-corrected chi connectivity index (χ4v) is 5.56. The number of sulfonamides is 1. The molecule has 8 heteroatoms. The Labute approximate surface area is 188 Å². The molecule has 168 valence electrons. The molecular formula is C23H27ClFNO4S. The molecule has 2 aromatic carbocycles. The molecule has 0 atom stereocenters. The monoisotopic (exact) mass is 467 g/mol. The van der Waals surface area contributed by atoms with E-state index in [9.17, 15) is 17.6 Å². The van der Waals surface area contributed by atoms with Crippen LogP contribution in [-0.2, 0) is 26.1 Å². The zero-order valence-electron chi connectivity index (χ0n) is 17.5. The minimum atomic E-state index is -3.82. The Morgan fingerprint density at radius 3 is 2.26 bits per heavy atom. The minimum Gasteiger partial charge on any atom is -0.466 e. The highest BCUT2D eigenvalue weighted by molar-refractivity contribution is 7.89. The van der Waals surface area contributed by atoms with Gasteiger partial charge in [-0.2, -0.15) is 4.31 Å². The number of carbonyl (C=O) groups excluding carboxylic acids is 1. The number of rotatable bonds is 8. The number of esters is 1. The van der Waals surface area contributed by atoms with Gasteiger partial charge in [0.15, 0.2) is 0 Å². The first-order valence-electron chi connectivity index (χ1n) is 10.5. The Morgan fingerprint density at radius 2 is 1.68 bits per heavy atom. The lowest BCUT2D eigenvalue weighted by Gasteiger charge is -2.31. The predicted octanol–water partition coefficient (Wildman–Crippen LogP) is 5.04. The van der Waals surface area contributed by atoms with Crippen LogP contribution in [0.1, 0.15) is 38.2 Å². The quantitative estimate of drug-likeness (QED) is 0.510. The third kappa shape index (κ3) is 6.28. The van der Waals surface area contributed by atoms with Gasteiger partial charge >= 0.3 is 5.97 Å². The molecule has 5 nitrogen and oxygen atoms in total. The van der Waals surface area contributed by atoms with Gasteiger partial charge in [-0.1, -0.05) is 23.7 Å². The van der Waals surface area contributed by atoms with Crippen LogP contribution >= 0.6 is 11.6 Å². The molecule has 2 aromatic rings. The second-order valence-corrected chi connectivity index (χ2v) is 10.2. The number of hydrogen-bond donors (Lipinski definition) is 0. The first-order chi connectivity index (χ1) is 14.8. The molecule has 1 saturated carbocycles. The number of carbonyl (C=O) groups is 1. The molecule has 0 bridgehead atoms. The Balaban J connectivity index is 1.77. The summed E-state index contributed by atoms with van der Waals surface area (Å²) in [6.07, 6.45) is 2.88. The average molecular weight is 468 g/mol. The molecule has 1 fully saturated rings. The van der Waals surface area contributed by atoms with Crippen LogP contribution in [0.3, 0.4) is 0 Å². The molecule has 0 aliphatic heterocycles. The van der Waals surface area contributed by atoms with Gasteiger partial charge in [0.2, 0.25) is 10.0 Å². The summed E-state index contributed by atoms with van der Waals surface area (Å²) in [5.74, 6) is -0.638. The van der Waals surface area contributed by atoms with E-state index in [0.717, 1.165) is 30.5 Å². The van der Waals surface area contributed by atoms with E-state index in [1.807, 2.05) is 0 Å². The average Bonchev–Trinajstić information content (AvgIpc) is 2.76. The highest BCUT2D eigenvalue weighted by Crippen LogP contribution is 2.32. The van der Waals surface area contributed by atoms with Gasteiger partial charge in [0.05, 0.1) is 17.4 Å². The molecule has 3 rings (SSSR count). The first kappa shape index (κ1) is 23.7. The number of hydrogen-bond acceptors (Lipinski definition) is 4.